The van der Waals surface area contributed by atoms with Crippen molar-refractivity contribution >= 4 is 23.6 Å². The first kappa shape index (κ1) is 18.4. The van der Waals surface area contributed by atoms with Crippen LogP contribution in [0.15, 0.2) is 48.5 Å². The van der Waals surface area contributed by atoms with Gasteiger partial charge in [-0.2, -0.15) is 0 Å². The molecule has 2 amide bonds. The summed E-state index contributed by atoms with van der Waals surface area (Å²) in [4.78, 5) is 26.6. The first-order chi connectivity index (χ1) is 12.5. The molecular weight excluding hydrogens is 358 g/mol. The Bertz CT molecular complexity index is 781. The molecule has 26 heavy (non-hydrogen) atoms. The largest absolute Gasteiger partial charge is 0.354 e. The number of carbonyl (C=O) groups excluding carboxylic acids is 2. The van der Waals surface area contributed by atoms with Gasteiger partial charge in [0.15, 0.2) is 0 Å². The second kappa shape index (κ2) is 8.31. The SMILES string of the molecule is O=C(NCCc1cc(F)cc(F)c1)C1CSCN1C(=O)c1ccccc1. The molecule has 0 aliphatic carbocycles. The van der Waals surface area contributed by atoms with Crippen LogP contribution >= 0.6 is 11.8 Å². The van der Waals surface area contributed by atoms with Crippen LogP contribution in [0.25, 0.3) is 0 Å². The summed E-state index contributed by atoms with van der Waals surface area (Å²) in [6.45, 7) is 0.246. The normalized spacial score (nSPS) is 16.5. The fourth-order valence-corrected chi connectivity index (χ4v) is 3.96. The molecule has 0 spiro atoms. The van der Waals surface area contributed by atoms with Crippen molar-refractivity contribution in [1.29, 1.82) is 0 Å². The summed E-state index contributed by atoms with van der Waals surface area (Å²) in [7, 11) is 0. The molecule has 1 atom stereocenters. The van der Waals surface area contributed by atoms with Gasteiger partial charge in [-0.15, -0.1) is 11.8 Å². The third-order valence-corrected chi connectivity index (χ3v) is 5.11. The molecule has 1 saturated heterocycles. The van der Waals surface area contributed by atoms with Crippen LogP contribution in [-0.4, -0.2) is 40.9 Å². The van der Waals surface area contributed by atoms with Gasteiger partial charge in [0.05, 0.1) is 5.88 Å². The zero-order valence-electron chi connectivity index (χ0n) is 14.0. The number of nitrogens with one attached hydrogen (secondary N) is 1. The molecule has 4 nitrogen and oxygen atoms in total. The Morgan fingerprint density at radius 2 is 1.81 bits per heavy atom. The van der Waals surface area contributed by atoms with Crippen molar-refractivity contribution in [2.75, 3.05) is 18.2 Å². The van der Waals surface area contributed by atoms with Gasteiger partial charge in [-0.3, -0.25) is 9.59 Å². The predicted molar refractivity (Wildman–Crippen MR) is 96.8 cm³/mol. The molecule has 3 rings (SSSR count). The van der Waals surface area contributed by atoms with Crippen molar-refractivity contribution < 1.29 is 18.4 Å². The highest BCUT2D eigenvalue weighted by Gasteiger charge is 2.34. The van der Waals surface area contributed by atoms with Crippen LogP contribution in [0.3, 0.4) is 0 Å². The highest BCUT2D eigenvalue weighted by Crippen LogP contribution is 2.23. The van der Waals surface area contributed by atoms with Gasteiger partial charge in [0.1, 0.15) is 17.7 Å². The Kier molecular flexibility index (Phi) is 5.88. The van der Waals surface area contributed by atoms with Crippen molar-refractivity contribution in [2.45, 2.75) is 12.5 Å². The third-order valence-electron chi connectivity index (χ3n) is 4.10. The predicted octanol–water partition coefficient (Wildman–Crippen LogP) is 2.84. The third kappa shape index (κ3) is 4.40. The van der Waals surface area contributed by atoms with Crippen LogP contribution in [0, 0.1) is 11.6 Å². The zero-order chi connectivity index (χ0) is 18.5. The van der Waals surface area contributed by atoms with Gasteiger partial charge in [-0.05, 0) is 36.2 Å². The van der Waals surface area contributed by atoms with E-state index in [1.807, 2.05) is 6.07 Å². The van der Waals surface area contributed by atoms with E-state index in [0.717, 1.165) is 6.07 Å². The van der Waals surface area contributed by atoms with Gasteiger partial charge in [-0.25, -0.2) is 8.78 Å². The van der Waals surface area contributed by atoms with E-state index in [1.165, 1.54) is 23.9 Å². The van der Waals surface area contributed by atoms with Gasteiger partial charge in [0.2, 0.25) is 5.91 Å². The molecule has 0 radical (unpaired) electrons. The van der Waals surface area contributed by atoms with E-state index in [-0.39, 0.29) is 18.4 Å². The minimum atomic E-state index is -0.641. The van der Waals surface area contributed by atoms with E-state index in [1.54, 1.807) is 29.2 Å². The first-order valence-electron chi connectivity index (χ1n) is 8.21. The molecule has 0 saturated carbocycles. The van der Waals surface area contributed by atoms with Crippen LogP contribution in [-0.2, 0) is 11.2 Å². The standard InChI is InChI=1S/C19H18F2N2O2S/c20-15-8-13(9-16(21)10-15)6-7-22-18(24)17-11-26-12-23(17)19(25)14-4-2-1-3-5-14/h1-5,8-10,17H,6-7,11-12H2,(H,22,24). The Balaban J connectivity index is 1.57. The molecular formula is C19H18F2N2O2S. The smallest absolute Gasteiger partial charge is 0.255 e. The highest BCUT2D eigenvalue weighted by atomic mass is 32.2. The number of hydrogen-bond acceptors (Lipinski definition) is 3. The number of rotatable bonds is 5. The van der Waals surface area contributed by atoms with Crippen LogP contribution < -0.4 is 5.32 Å². The van der Waals surface area contributed by atoms with Crippen molar-refractivity contribution in [3.63, 3.8) is 0 Å². The summed E-state index contributed by atoms with van der Waals surface area (Å²) in [5.41, 5.74) is 1.02. The lowest BCUT2D eigenvalue weighted by Gasteiger charge is -2.23. The fraction of sp³-hybridized carbons (Fsp3) is 0.263. The lowest BCUT2D eigenvalue weighted by atomic mass is 10.1. The Morgan fingerprint density at radius 3 is 2.50 bits per heavy atom. The second-order valence-electron chi connectivity index (χ2n) is 5.98. The maximum atomic E-state index is 13.2. The fourth-order valence-electron chi connectivity index (χ4n) is 2.81. The van der Waals surface area contributed by atoms with Gasteiger partial charge < -0.3 is 10.2 Å². The molecule has 0 bridgehead atoms. The monoisotopic (exact) mass is 376 g/mol. The minimum absolute atomic E-state index is 0.178. The van der Waals surface area contributed by atoms with Crippen LogP contribution in [0.5, 0.6) is 0 Å². The Hall–Kier alpha value is -2.41. The number of thioether (sulfide) groups is 1. The van der Waals surface area contributed by atoms with E-state index >= 15 is 0 Å². The molecule has 2 aromatic carbocycles. The Labute approximate surface area is 154 Å². The molecule has 1 aliphatic heterocycles. The van der Waals surface area contributed by atoms with Gasteiger partial charge >= 0.3 is 0 Å². The first-order valence-corrected chi connectivity index (χ1v) is 9.36. The van der Waals surface area contributed by atoms with Crippen molar-refractivity contribution in [3.8, 4) is 0 Å². The average molecular weight is 376 g/mol. The molecule has 1 aliphatic rings. The van der Waals surface area contributed by atoms with Crippen molar-refractivity contribution in [2.24, 2.45) is 0 Å². The second-order valence-corrected chi connectivity index (χ2v) is 6.98. The number of benzene rings is 2. The van der Waals surface area contributed by atoms with Crippen molar-refractivity contribution in [3.05, 3.63) is 71.3 Å². The molecule has 2 aromatic rings. The van der Waals surface area contributed by atoms with Crippen LogP contribution in [0.1, 0.15) is 15.9 Å². The van der Waals surface area contributed by atoms with Gasteiger partial charge in [-0.1, -0.05) is 18.2 Å². The molecule has 7 heteroatoms. The molecule has 136 valence electrons. The summed E-state index contributed by atoms with van der Waals surface area (Å²) >= 11 is 1.52. The molecule has 1 fully saturated rings. The number of hydrogen-bond donors (Lipinski definition) is 1. The molecule has 1 unspecified atom stereocenters. The maximum Gasteiger partial charge on any atom is 0.255 e. The molecule has 1 N–H and O–H groups in total. The quantitative estimate of drug-likeness (QED) is 0.873. The summed E-state index contributed by atoms with van der Waals surface area (Å²) in [6.07, 6.45) is 0.312. The summed E-state index contributed by atoms with van der Waals surface area (Å²) in [6, 6.07) is 11.6. The number of carbonyl (C=O) groups is 2. The van der Waals surface area contributed by atoms with E-state index < -0.39 is 17.7 Å². The molecule has 0 aromatic heterocycles. The topological polar surface area (TPSA) is 49.4 Å². The van der Waals surface area contributed by atoms with E-state index in [4.69, 9.17) is 0 Å². The average Bonchev–Trinajstić information content (AvgIpc) is 3.11. The minimum Gasteiger partial charge on any atom is -0.354 e. The van der Waals surface area contributed by atoms with E-state index in [0.29, 0.717) is 29.2 Å². The number of halogens is 2. The summed E-state index contributed by atoms with van der Waals surface area (Å²) < 4.78 is 26.4. The lowest BCUT2D eigenvalue weighted by molar-refractivity contribution is -0.124. The number of amides is 2. The van der Waals surface area contributed by atoms with Crippen LogP contribution in [0.4, 0.5) is 8.78 Å². The summed E-state index contributed by atoms with van der Waals surface area (Å²) in [5.74, 6) is -0.727. The van der Waals surface area contributed by atoms with Gasteiger partial charge in [0, 0.05) is 23.9 Å². The Morgan fingerprint density at radius 1 is 1.12 bits per heavy atom. The highest BCUT2D eigenvalue weighted by molar-refractivity contribution is 7.99. The molecule has 1 heterocycles. The zero-order valence-corrected chi connectivity index (χ0v) is 14.8. The van der Waals surface area contributed by atoms with Crippen LogP contribution in [0.2, 0.25) is 0 Å². The van der Waals surface area contributed by atoms with Crippen molar-refractivity contribution in [1.82, 2.24) is 10.2 Å². The lowest BCUT2D eigenvalue weighted by Crippen LogP contribution is -2.47. The number of nitrogens with zero attached hydrogens (tertiary/aromatic N) is 1. The summed E-state index contributed by atoms with van der Waals surface area (Å²) in [5, 5.41) is 2.76. The maximum absolute atomic E-state index is 13.2. The van der Waals surface area contributed by atoms with E-state index in [9.17, 15) is 18.4 Å². The van der Waals surface area contributed by atoms with E-state index in [2.05, 4.69) is 5.32 Å². The van der Waals surface area contributed by atoms with Gasteiger partial charge in [0.25, 0.3) is 5.91 Å².